The van der Waals surface area contributed by atoms with Gasteiger partial charge in [0.25, 0.3) is 5.91 Å². The van der Waals surface area contributed by atoms with Crippen molar-refractivity contribution in [3.63, 3.8) is 0 Å². The molecule has 0 saturated carbocycles. The van der Waals surface area contributed by atoms with Crippen LogP contribution in [0.25, 0.3) is 0 Å². The van der Waals surface area contributed by atoms with Gasteiger partial charge in [-0.15, -0.1) is 0 Å². The number of aromatic nitrogens is 1. The average Bonchev–Trinajstić information content (AvgIpc) is 2.49. The highest BCUT2D eigenvalue weighted by Crippen LogP contribution is 2.19. The van der Waals surface area contributed by atoms with Crippen molar-refractivity contribution in [3.05, 3.63) is 64.3 Å². The molecule has 0 bridgehead atoms. The third-order valence-electron chi connectivity index (χ3n) is 2.58. The van der Waals surface area contributed by atoms with Crippen LogP contribution in [0.1, 0.15) is 10.4 Å². The number of hydrogen-bond acceptors (Lipinski definition) is 4. The highest BCUT2D eigenvalue weighted by Gasteiger charge is 2.11. The lowest BCUT2D eigenvalue weighted by Gasteiger charge is -2.07. The van der Waals surface area contributed by atoms with Crippen LogP contribution in [0.15, 0.2) is 42.7 Å². The highest BCUT2D eigenvalue weighted by molar-refractivity contribution is 6.31. The molecule has 0 saturated heterocycles. The Hall–Kier alpha value is -2.67. The van der Waals surface area contributed by atoms with Gasteiger partial charge < -0.3 is 15.3 Å². The fraction of sp³-hybridized carbons (Fsp3) is 0.0714. The summed E-state index contributed by atoms with van der Waals surface area (Å²) in [5.74, 6) is -1.95. The van der Waals surface area contributed by atoms with Gasteiger partial charge in [-0.1, -0.05) is 11.6 Å². The van der Waals surface area contributed by atoms with Gasteiger partial charge in [-0.25, -0.2) is 9.18 Å². The van der Waals surface area contributed by atoms with E-state index in [-0.39, 0.29) is 16.3 Å². The first-order valence-corrected chi connectivity index (χ1v) is 6.44. The standard InChI is InChI=1S/C14H10ClFN2O4/c15-11-7-10(1-2-12(11)16)17-13(19)8-22-14(20)9-3-5-18(21)6-4-9/h1-7H,8H2,(H,17,19). The maximum absolute atomic E-state index is 13.0. The van der Waals surface area contributed by atoms with Gasteiger partial charge in [0.15, 0.2) is 19.0 Å². The van der Waals surface area contributed by atoms with Crippen molar-refractivity contribution in [2.24, 2.45) is 0 Å². The molecule has 1 N–H and O–H groups in total. The number of halogens is 2. The van der Waals surface area contributed by atoms with Gasteiger partial charge in [-0.05, 0) is 18.2 Å². The van der Waals surface area contributed by atoms with Crippen LogP contribution in [0.5, 0.6) is 0 Å². The third kappa shape index (κ3) is 4.16. The fourth-order valence-corrected chi connectivity index (χ4v) is 1.71. The molecule has 2 aromatic rings. The molecule has 0 aliphatic heterocycles. The fourth-order valence-electron chi connectivity index (χ4n) is 1.53. The smallest absolute Gasteiger partial charge is 0.339 e. The van der Waals surface area contributed by atoms with Crippen molar-refractivity contribution in [2.75, 3.05) is 11.9 Å². The number of nitrogens with one attached hydrogen (secondary N) is 1. The van der Waals surface area contributed by atoms with Crippen LogP contribution in [0.3, 0.4) is 0 Å². The molecule has 0 unspecified atom stereocenters. The monoisotopic (exact) mass is 324 g/mol. The zero-order chi connectivity index (χ0) is 16.1. The lowest BCUT2D eigenvalue weighted by Crippen LogP contribution is -2.25. The van der Waals surface area contributed by atoms with Gasteiger partial charge in [0.05, 0.1) is 10.6 Å². The summed E-state index contributed by atoms with van der Waals surface area (Å²) < 4.78 is 18.3. The second-order valence-electron chi connectivity index (χ2n) is 4.20. The molecule has 1 heterocycles. The van der Waals surface area contributed by atoms with E-state index in [0.717, 1.165) is 18.5 Å². The van der Waals surface area contributed by atoms with E-state index in [4.69, 9.17) is 16.3 Å². The number of rotatable bonds is 4. The van der Waals surface area contributed by atoms with Crippen LogP contribution in [0.2, 0.25) is 5.02 Å². The largest absolute Gasteiger partial charge is 0.619 e. The molecule has 6 nitrogen and oxygen atoms in total. The second kappa shape index (κ2) is 6.86. The van der Waals surface area contributed by atoms with Gasteiger partial charge in [0.2, 0.25) is 0 Å². The molecule has 8 heteroatoms. The summed E-state index contributed by atoms with van der Waals surface area (Å²) >= 11 is 5.58. The van der Waals surface area contributed by atoms with E-state index in [9.17, 15) is 19.2 Å². The first-order chi connectivity index (χ1) is 10.5. The maximum Gasteiger partial charge on any atom is 0.339 e. The molecule has 0 radical (unpaired) electrons. The van der Waals surface area contributed by atoms with Gasteiger partial charge in [-0.2, -0.15) is 4.73 Å². The van der Waals surface area contributed by atoms with Crippen molar-refractivity contribution in [3.8, 4) is 0 Å². The summed E-state index contributed by atoms with van der Waals surface area (Å²) in [6, 6.07) is 6.21. The van der Waals surface area contributed by atoms with E-state index in [1.807, 2.05) is 0 Å². The Labute approximate surface area is 129 Å². The van der Waals surface area contributed by atoms with Crippen LogP contribution >= 0.6 is 11.6 Å². The zero-order valence-corrected chi connectivity index (χ0v) is 11.8. The van der Waals surface area contributed by atoms with Gasteiger partial charge in [-0.3, -0.25) is 4.79 Å². The Kier molecular flexibility index (Phi) is 4.90. The molecule has 1 aromatic carbocycles. The summed E-state index contributed by atoms with van der Waals surface area (Å²) in [6.07, 6.45) is 2.27. The topological polar surface area (TPSA) is 82.3 Å². The van der Waals surface area contributed by atoms with Crippen molar-refractivity contribution in [2.45, 2.75) is 0 Å². The van der Waals surface area contributed by atoms with E-state index >= 15 is 0 Å². The Morgan fingerprint density at radius 2 is 1.95 bits per heavy atom. The number of esters is 1. The highest BCUT2D eigenvalue weighted by atomic mass is 35.5. The van der Waals surface area contributed by atoms with Crippen LogP contribution < -0.4 is 10.0 Å². The summed E-state index contributed by atoms with van der Waals surface area (Å²) in [4.78, 5) is 23.2. The van der Waals surface area contributed by atoms with E-state index in [2.05, 4.69) is 5.32 Å². The Morgan fingerprint density at radius 3 is 2.59 bits per heavy atom. The first-order valence-electron chi connectivity index (χ1n) is 6.06. The summed E-state index contributed by atoms with van der Waals surface area (Å²) in [5, 5.41) is 13.1. The minimum atomic E-state index is -0.743. The molecule has 0 atom stereocenters. The minimum absolute atomic E-state index is 0.134. The summed E-state index contributed by atoms with van der Waals surface area (Å²) in [5.41, 5.74) is 0.421. The van der Waals surface area contributed by atoms with Crippen molar-refractivity contribution in [1.29, 1.82) is 0 Å². The van der Waals surface area contributed by atoms with Crippen molar-refractivity contribution < 1.29 is 23.4 Å². The van der Waals surface area contributed by atoms with Gasteiger partial charge in [0, 0.05) is 17.8 Å². The quantitative estimate of drug-likeness (QED) is 0.529. The predicted octanol–water partition coefficient (Wildman–Crippen LogP) is 1.91. The minimum Gasteiger partial charge on any atom is -0.619 e. The zero-order valence-electron chi connectivity index (χ0n) is 11.1. The number of amides is 1. The molecule has 2 rings (SSSR count). The number of carbonyl (C=O) groups is 2. The number of nitrogens with zero attached hydrogens (tertiary/aromatic N) is 1. The second-order valence-corrected chi connectivity index (χ2v) is 4.61. The summed E-state index contributed by atoms with van der Waals surface area (Å²) in [6.45, 7) is -0.528. The first kappa shape index (κ1) is 15.7. The third-order valence-corrected chi connectivity index (χ3v) is 2.87. The molecule has 0 aliphatic rings. The van der Waals surface area contributed by atoms with Crippen LogP contribution in [-0.4, -0.2) is 18.5 Å². The number of pyridine rings is 1. The van der Waals surface area contributed by atoms with E-state index in [1.54, 1.807) is 0 Å². The number of benzene rings is 1. The SMILES string of the molecule is O=C(COC(=O)c1cc[n+]([O-])cc1)Nc1ccc(F)c(Cl)c1. The van der Waals surface area contributed by atoms with E-state index in [1.165, 1.54) is 24.3 Å². The normalized spacial score (nSPS) is 10.1. The number of carbonyl (C=O) groups excluding carboxylic acids is 2. The Balaban J connectivity index is 1.88. The summed E-state index contributed by atoms with van der Waals surface area (Å²) in [7, 11) is 0. The molecular weight excluding hydrogens is 315 g/mol. The maximum atomic E-state index is 13.0. The Bertz CT molecular complexity index is 706. The van der Waals surface area contributed by atoms with E-state index in [0.29, 0.717) is 4.73 Å². The van der Waals surface area contributed by atoms with Gasteiger partial charge >= 0.3 is 5.97 Å². The molecular formula is C14H10ClFN2O4. The molecule has 0 spiro atoms. The van der Waals surface area contributed by atoms with Crippen molar-refractivity contribution in [1.82, 2.24) is 0 Å². The molecule has 22 heavy (non-hydrogen) atoms. The lowest BCUT2D eigenvalue weighted by atomic mass is 10.3. The molecule has 1 amide bonds. The number of anilines is 1. The van der Waals surface area contributed by atoms with Gasteiger partial charge in [0.1, 0.15) is 5.82 Å². The molecule has 1 aromatic heterocycles. The number of hydrogen-bond donors (Lipinski definition) is 1. The average molecular weight is 325 g/mol. The Morgan fingerprint density at radius 1 is 1.27 bits per heavy atom. The molecule has 114 valence electrons. The van der Waals surface area contributed by atoms with Crippen LogP contribution in [-0.2, 0) is 9.53 Å². The molecule has 0 aliphatic carbocycles. The van der Waals surface area contributed by atoms with Crippen LogP contribution in [0.4, 0.5) is 10.1 Å². The van der Waals surface area contributed by atoms with Crippen LogP contribution in [0, 0.1) is 11.0 Å². The van der Waals surface area contributed by atoms with Crippen molar-refractivity contribution >= 4 is 29.2 Å². The molecule has 0 fully saturated rings. The predicted molar refractivity (Wildman–Crippen MR) is 75.7 cm³/mol. The van der Waals surface area contributed by atoms with E-state index < -0.39 is 24.3 Å². The lowest BCUT2D eigenvalue weighted by molar-refractivity contribution is -0.605. The number of ether oxygens (including phenoxy) is 1.